The van der Waals surface area contributed by atoms with Crippen LogP contribution >= 0.6 is 0 Å². The van der Waals surface area contributed by atoms with Crippen molar-refractivity contribution in [2.45, 2.75) is 25.7 Å². The normalized spacial score (nSPS) is 12.8. The third-order valence-corrected chi connectivity index (χ3v) is 3.63. The molecule has 2 aromatic heterocycles. The summed E-state index contributed by atoms with van der Waals surface area (Å²) in [6, 6.07) is 10.4. The van der Waals surface area contributed by atoms with Crippen LogP contribution in [0, 0.1) is 0 Å². The lowest BCUT2D eigenvalue weighted by Gasteiger charge is -2.13. The molecule has 1 atom stereocenters. The number of alkyl halides is 3. The Hall–Kier alpha value is -2.90. The minimum Gasteiger partial charge on any atom is -0.348 e. The maximum absolute atomic E-state index is 12.7. The highest BCUT2D eigenvalue weighted by atomic mass is 19.4. The van der Waals surface area contributed by atoms with Gasteiger partial charge in [0, 0.05) is 18.0 Å². The van der Waals surface area contributed by atoms with E-state index in [2.05, 4.69) is 20.4 Å². The summed E-state index contributed by atoms with van der Waals surface area (Å²) in [6.45, 7) is 2.43. The molecule has 0 aliphatic carbocycles. The molecule has 0 radical (unpaired) electrons. The van der Waals surface area contributed by atoms with Crippen molar-refractivity contribution < 1.29 is 13.2 Å². The zero-order valence-electron chi connectivity index (χ0n) is 13.4. The van der Waals surface area contributed by atoms with Crippen LogP contribution in [-0.2, 0) is 12.7 Å². The summed E-state index contributed by atoms with van der Waals surface area (Å²) in [5, 5.41) is 7.16. The molecule has 5 nitrogen and oxygen atoms in total. The first-order valence-electron chi connectivity index (χ1n) is 7.65. The maximum Gasteiger partial charge on any atom is 0.433 e. The second-order valence-corrected chi connectivity index (χ2v) is 5.59. The lowest BCUT2D eigenvalue weighted by atomic mass is 10.2. The molecule has 25 heavy (non-hydrogen) atoms. The van der Waals surface area contributed by atoms with Crippen LogP contribution in [0.4, 0.5) is 19.1 Å². The van der Waals surface area contributed by atoms with Crippen LogP contribution in [0.2, 0.25) is 0 Å². The van der Waals surface area contributed by atoms with Gasteiger partial charge in [0.15, 0.2) is 0 Å². The number of anilines is 1. The van der Waals surface area contributed by atoms with E-state index in [0.29, 0.717) is 6.54 Å². The van der Waals surface area contributed by atoms with Crippen LogP contribution < -0.4 is 5.32 Å². The minimum absolute atomic E-state index is 0.0712. The van der Waals surface area contributed by atoms with Gasteiger partial charge in [-0.15, -0.1) is 0 Å². The quantitative estimate of drug-likeness (QED) is 0.760. The van der Waals surface area contributed by atoms with Gasteiger partial charge in [-0.1, -0.05) is 30.3 Å². The SMILES string of the molecule is CC(Nc1nccc(C(F)(F)F)n1)c1cnn(Cc2ccccc2)c1. The van der Waals surface area contributed by atoms with Gasteiger partial charge in [0.1, 0.15) is 5.69 Å². The fourth-order valence-corrected chi connectivity index (χ4v) is 2.32. The summed E-state index contributed by atoms with van der Waals surface area (Å²) in [7, 11) is 0. The number of rotatable bonds is 5. The first kappa shape index (κ1) is 16.9. The lowest BCUT2D eigenvalue weighted by Crippen LogP contribution is -2.13. The van der Waals surface area contributed by atoms with E-state index >= 15 is 0 Å². The summed E-state index contributed by atoms with van der Waals surface area (Å²) in [5.74, 6) is -0.0712. The lowest BCUT2D eigenvalue weighted by molar-refractivity contribution is -0.141. The van der Waals surface area contributed by atoms with E-state index < -0.39 is 11.9 Å². The average Bonchev–Trinajstić information content (AvgIpc) is 3.04. The zero-order chi connectivity index (χ0) is 17.9. The highest BCUT2D eigenvalue weighted by molar-refractivity contribution is 5.31. The molecule has 0 aliphatic rings. The van der Waals surface area contributed by atoms with Gasteiger partial charge >= 0.3 is 6.18 Å². The second kappa shape index (κ2) is 6.92. The van der Waals surface area contributed by atoms with Gasteiger partial charge in [0.25, 0.3) is 0 Å². The van der Waals surface area contributed by atoms with Crippen molar-refractivity contribution in [2.24, 2.45) is 0 Å². The van der Waals surface area contributed by atoms with Crippen molar-refractivity contribution in [3.63, 3.8) is 0 Å². The molecule has 0 fully saturated rings. The van der Waals surface area contributed by atoms with E-state index in [0.717, 1.165) is 23.4 Å². The van der Waals surface area contributed by atoms with E-state index in [-0.39, 0.29) is 12.0 Å². The third-order valence-electron chi connectivity index (χ3n) is 3.63. The van der Waals surface area contributed by atoms with E-state index in [1.807, 2.05) is 43.5 Å². The van der Waals surface area contributed by atoms with Crippen molar-refractivity contribution in [1.29, 1.82) is 0 Å². The van der Waals surface area contributed by atoms with Crippen LogP contribution in [0.15, 0.2) is 55.0 Å². The number of hydrogen-bond acceptors (Lipinski definition) is 4. The van der Waals surface area contributed by atoms with Crippen LogP contribution in [0.1, 0.15) is 29.8 Å². The van der Waals surface area contributed by atoms with Crippen molar-refractivity contribution in [3.8, 4) is 0 Å². The van der Waals surface area contributed by atoms with E-state index in [9.17, 15) is 13.2 Å². The number of nitrogens with zero attached hydrogens (tertiary/aromatic N) is 4. The van der Waals surface area contributed by atoms with Gasteiger partial charge in [-0.3, -0.25) is 4.68 Å². The monoisotopic (exact) mass is 347 g/mol. The van der Waals surface area contributed by atoms with E-state index in [1.54, 1.807) is 10.9 Å². The topological polar surface area (TPSA) is 55.6 Å². The number of benzene rings is 1. The van der Waals surface area contributed by atoms with Crippen molar-refractivity contribution in [2.75, 3.05) is 5.32 Å². The van der Waals surface area contributed by atoms with Crippen molar-refractivity contribution in [3.05, 3.63) is 71.8 Å². The predicted octanol–water partition coefficient (Wildman–Crippen LogP) is 3.91. The Morgan fingerprint density at radius 3 is 2.64 bits per heavy atom. The van der Waals surface area contributed by atoms with Crippen LogP contribution in [-0.4, -0.2) is 19.7 Å². The van der Waals surface area contributed by atoms with Gasteiger partial charge in [0.05, 0.1) is 18.8 Å². The Labute approximate surface area is 142 Å². The van der Waals surface area contributed by atoms with Gasteiger partial charge in [-0.25, -0.2) is 9.97 Å². The Balaban J connectivity index is 1.69. The minimum atomic E-state index is -4.50. The van der Waals surface area contributed by atoms with Gasteiger partial charge < -0.3 is 5.32 Å². The van der Waals surface area contributed by atoms with Gasteiger partial charge in [0.2, 0.25) is 5.95 Å². The van der Waals surface area contributed by atoms with Gasteiger partial charge in [-0.05, 0) is 18.6 Å². The van der Waals surface area contributed by atoms with Gasteiger partial charge in [-0.2, -0.15) is 18.3 Å². The van der Waals surface area contributed by atoms with Crippen LogP contribution in [0.25, 0.3) is 0 Å². The van der Waals surface area contributed by atoms with E-state index in [1.165, 1.54) is 0 Å². The Morgan fingerprint density at radius 1 is 1.16 bits per heavy atom. The van der Waals surface area contributed by atoms with Crippen molar-refractivity contribution in [1.82, 2.24) is 19.7 Å². The molecule has 0 amide bonds. The fourth-order valence-electron chi connectivity index (χ4n) is 2.32. The third kappa shape index (κ3) is 4.34. The highest BCUT2D eigenvalue weighted by Gasteiger charge is 2.32. The Morgan fingerprint density at radius 2 is 1.92 bits per heavy atom. The molecule has 0 saturated carbocycles. The number of nitrogens with one attached hydrogen (secondary N) is 1. The highest BCUT2D eigenvalue weighted by Crippen LogP contribution is 2.28. The summed E-state index contributed by atoms with van der Waals surface area (Å²) in [5.41, 5.74) is 0.966. The van der Waals surface area contributed by atoms with Crippen LogP contribution in [0.5, 0.6) is 0 Å². The van der Waals surface area contributed by atoms with Crippen LogP contribution in [0.3, 0.4) is 0 Å². The molecule has 1 N–H and O–H groups in total. The molecular formula is C17H16F3N5. The molecule has 1 unspecified atom stereocenters. The molecule has 0 aliphatic heterocycles. The van der Waals surface area contributed by atoms with Crippen molar-refractivity contribution >= 4 is 5.95 Å². The molecule has 2 heterocycles. The maximum atomic E-state index is 12.7. The second-order valence-electron chi connectivity index (χ2n) is 5.59. The molecule has 0 spiro atoms. The Bertz CT molecular complexity index is 830. The molecular weight excluding hydrogens is 331 g/mol. The molecule has 0 saturated heterocycles. The summed E-state index contributed by atoms with van der Waals surface area (Å²) >= 11 is 0. The number of hydrogen-bond donors (Lipinski definition) is 1. The summed E-state index contributed by atoms with van der Waals surface area (Å²) < 4.78 is 39.9. The average molecular weight is 347 g/mol. The first-order chi connectivity index (χ1) is 11.9. The molecule has 3 rings (SSSR count). The Kier molecular flexibility index (Phi) is 4.69. The van der Waals surface area contributed by atoms with E-state index in [4.69, 9.17) is 0 Å². The largest absolute Gasteiger partial charge is 0.433 e. The predicted molar refractivity (Wildman–Crippen MR) is 86.8 cm³/mol. The molecule has 130 valence electrons. The first-order valence-corrected chi connectivity index (χ1v) is 7.65. The fraction of sp³-hybridized carbons (Fsp3) is 0.235. The summed E-state index contributed by atoms with van der Waals surface area (Å²) in [4.78, 5) is 7.35. The summed E-state index contributed by atoms with van der Waals surface area (Å²) in [6.07, 6.45) is 0.110. The smallest absolute Gasteiger partial charge is 0.348 e. The molecule has 1 aromatic carbocycles. The molecule has 0 bridgehead atoms. The molecule has 3 aromatic rings. The zero-order valence-corrected chi connectivity index (χ0v) is 13.4. The number of halogens is 3. The standard InChI is InChI=1S/C17H16F3N5/c1-12(23-16-21-8-7-15(24-16)17(18,19)20)14-9-22-25(11-14)10-13-5-3-2-4-6-13/h2-9,11-12H,10H2,1H3,(H,21,23,24). The number of aromatic nitrogens is 4. The molecule has 8 heteroatoms.